The quantitative estimate of drug-likeness (QED) is 0.0389. The number of nitrogens with one attached hydrogen (secondary N) is 1. The standard InChI is InChI=1S/C30H34ClN7O11S2/c1-30(2,28(46)47)49-35-19(16-13-51-29(32)33-16)23(41)34-20-25(43)37-21(27(44)45)14(12-50-26(20)37)11-38(8-3-4-9-38)10-7-36(48)24(42)15-5-6-17(39)22(40)18(15)31/h5-6,13,20,26,48H,3-4,7-12H2,1-2H3,(H6-,32,33,34,35,39,40,41,42,44,45,46,47)/t20-,26-/m1/s1. The van der Waals surface area contributed by atoms with Crippen molar-refractivity contribution in [2.75, 3.05) is 44.2 Å². The van der Waals surface area contributed by atoms with Gasteiger partial charge >= 0.3 is 5.97 Å². The highest BCUT2D eigenvalue weighted by Crippen LogP contribution is 2.41. The maximum atomic E-state index is 13.4. The zero-order chi connectivity index (χ0) is 37.4. The molecule has 3 aliphatic rings. The number of aromatic hydroxyl groups is 2. The van der Waals surface area contributed by atoms with E-state index >= 15 is 0 Å². The van der Waals surface area contributed by atoms with Crippen molar-refractivity contribution in [3.8, 4) is 11.5 Å². The second-order valence-corrected chi connectivity index (χ2v) is 15.0. The highest BCUT2D eigenvalue weighted by molar-refractivity contribution is 8.00. The molecule has 21 heteroatoms. The molecular formula is C30H34ClN7O11S2. The number of oxime groups is 1. The first-order valence-electron chi connectivity index (χ1n) is 15.4. The molecular weight excluding hydrogens is 734 g/mol. The third-order valence-electron chi connectivity index (χ3n) is 8.77. The smallest absolute Gasteiger partial charge is 0.350 e. The summed E-state index contributed by atoms with van der Waals surface area (Å²) in [6.07, 6.45) is 1.58. The number of carbonyl (C=O) groups excluding carboxylic acids is 4. The zero-order valence-electron chi connectivity index (χ0n) is 27.2. The number of quaternary nitrogens is 1. The number of nitrogen functional groups attached to an aromatic ring is 1. The molecule has 51 heavy (non-hydrogen) atoms. The fraction of sp³-hybridized carbons (Fsp3) is 0.433. The van der Waals surface area contributed by atoms with Crippen LogP contribution in [0.4, 0.5) is 5.13 Å². The van der Waals surface area contributed by atoms with E-state index in [2.05, 4.69) is 15.5 Å². The molecule has 18 nitrogen and oxygen atoms in total. The average Bonchev–Trinajstić information content (AvgIpc) is 3.73. The summed E-state index contributed by atoms with van der Waals surface area (Å²) in [7, 11) is 0. The molecule has 2 atom stereocenters. The largest absolute Gasteiger partial charge is 0.543 e. The van der Waals surface area contributed by atoms with Crippen molar-refractivity contribution in [1.82, 2.24) is 20.3 Å². The minimum Gasteiger partial charge on any atom is -0.543 e. The number of hydrogen-bond donors (Lipinski definition) is 6. The van der Waals surface area contributed by atoms with Gasteiger partial charge in [-0.3, -0.25) is 24.5 Å². The Kier molecular flexibility index (Phi) is 10.7. The summed E-state index contributed by atoms with van der Waals surface area (Å²) >= 11 is 8.20. The lowest BCUT2D eigenvalue weighted by Gasteiger charge is -2.51. The number of aliphatic carboxylic acids is 2. The highest BCUT2D eigenvalue weighted by atomic mass is 35.5. The molecule has 0 spiro atoms. The number of β-lactam (4-membered cyclic amide) rings is 1. The fourth-order valence-corrected chi connectivity index (χ4v) is 8.07. The van der Waals surface area contributed by atoms with Crippen LogP contribution in [0.15, 0.2) is 33.9 Å². The van der Waals surface area contributed by atoms with E-state index in [4.69, 9.17) is 22.2 Å². The van der Waals surface area contributed by atoms with Crippen molar-refractivity contribution in [3.63, 3.8) is 0 Å². The first-order valence-corrected chi connectivity index (χ1v) is 17.7. The number of anilines is 1. The van der Waals surface area contributed by atoms with Crippen LogP contribution in [0.2, 0.25) is 5.02 Å². The van der Waals surface area contributed by atoms with Crippen LogP contribution in [0.3, 0.4) is 0 Å². The van der Waals surface area contributed by atoms with Crippen LogP contribution in [0, 0.1) is 0 Å². The van der Waals surface area contributed by atoms with Gasteiger partial charge in [0.1, 0.15) is 23.7 Å². The number of thiazole rings is 1. The highest BCUT2D eigenvalue weighted by Gasteiger charge is 2.54. The van der Waals surface area contributed by atoms with Gasteiger partial charge in [-0.15, -0.1) is 23.1 Å². The third kappa shape index (κ3) is 7.54. The molecule has 1 aromatic heterocycles. The number of carboxylic acid groups (broad SMARTS) is 2. The van der Waals surface area contributed by atoms with E-state index in [0.717, 1.165) is 41.2 Å². The van der Waals surface area contributed by atoms with E-state index in [9.17, 15) is 49.6 Å². The van der Waals surface area contributed by atoms with Gasteiger partial charge in [0.05, 0.1) is 48.4 Å². The Balaban J connectivity index is 1.31. The van der Waals surface area contributed by atoms with Crippen molar-refractivity contribution in [3.05, 3.63) is 45.1 Å². The number of halogens is 1. The number of hydrogen-bond acceptors (Lipinski definition) is 15. The Hall–Kier alpha value is -4.63. The number of carbonyl (C=O) groups is 5. The molecule has 0 aliphatic carbocycles. The number of thioether (sulfide) groups is 1. The Morgan fingerprint density at radius 2 is 1.94 bits per heavy atom. The van der Waals surface area contributed by atoms with Gasteiger partial charge in [0, 0.05) is 29.5 Å². The molecule has 7 N–H and O–H groups in total. The normalized spacial score (nSPS) is 20.0. The second kappa shape index (κ2) is 14.5. The number of nitrogens with two attached hydrogens (primary N) is 1. The number of amides is 3. The summed E-state index contributed by atoms with van der Waals surface area (Å²) in [6.45, 7) is 3.82. The number of aromatic nitrogens is 1. The van der Waals surface area contributed by atoms with Crippen molar-refractivity contribution < 1.29 is 58.9 Å². The maximum Gasteiger partial charge on any atom is 0.350 e. The van der Waals surface area contributed by atoms with Crippen LogP contribution in [0.25, 0.3) is 0 Å². The van der Waals surface area contributed by atoms with E-state index in [1.165, 1.54) is 31.0 Å². The molecule has 0 bridgehead atoms. The molecule has 2 fully saturated rings. The molecule has 2 saturated heterocycles. The van der Waals surface area contributed by atoms with Gasteiger partial charge in [0.15, 0.2) is 22.3 Å². The average molecular weight is 768 g/mol. The van der Waals surface area contributed by atoms with E-state index in [-0.39, 0.29) is 47.5 Å². The molecule has 1 aromatic carbocycles. The lowest BCUT2D eigenvalue weighted by Crippen LogP contribution is -2.72. The Morgan fingerprint density at radius 1 is 1.25 bits per heavy atom. The van der Waals surface area contributed by atoms with Crippen LogP contribution in [-0.2, 0) is 24.0 Å². The predicted octanol–water partition coefficient (Wildman–Crippen LogP) is -0.0801. The molecule has 274 valence electrons. The number of phenolic OH excluding ortho intramolecular Hbond substituents is 2. The lowest BCUT2D eigenvalue weighted by atomic mass is 10.0. The number of fused-ring (bicyclic) bond motifs is 1. The van der Waals surface area contributed by atoms with Gasteiger partial charge in [0.2, 0.25) is 5.60 Å². The minimum atomic E-state index is -1.81. The number of nitrogens with zero attached hydrogens (tertiary/aromatic N) is 5. The van der Waals surface area contributed by atoms with E-state index < -0.39 is 68.9 Å². The van der Waals surface area contributed by atoms with Gasteiger partial charge in [-0.25, -0.2) is 14.8 Å². The monoisotopic (exact) mass is 767 g/mol. The van der Waals surface area contributed by atoms with Gasteiger partial charge in [0.25, 0.3) is 17.7 Å². The molecule has 0 unspecified atom stereocenters. The van der Waals surface area contributed by atoms with E-state index in [0.29, 0.717) is 28.2 Å². The molecule has 5 rings (SSSR count). The SMILES string of the molecule is CC(C)(O/N=C(\C(=O)N[C@@H]1C(=O)N2C(C(=O)[O-])=C(C[N+]3(CCN(O)C(=O)c4ccc(O)c(O)c4Cl)CCCC3)CS[C@H]12)c1csc(N)n1)C(=O)O. The van der Waals surface area contributed by atoms with Crippen LogP contribution in [-0.4, -0.2) is 131 Å². The van der Waals surface area contributed by atoms with Crippen molar-refractivity contribution in [2.24, 2.45) is 5.16 Å². The Morgan fingerprint density at radius 3 is 2.55 bits per heavy atom. The summed E-state index contributed by atoms with van der Waals surface area (Å²) in [6, 6.07) is 1.04. The van der Waals surface area contributed by atoms with Gasteiger partial charge in [-0.1, -0.05) is 16.8 Å². The number of carboxylic acids is 2. The van der Waals surface area contributed by atoms with Crippen molar-refractivity contribution in [2.45, 2.75) is 43.7 Å². The molecule has 4 heterocycles. The summed E-state index contributed by atoms with van der Waals surface area (Å²) in [5, 5.41) is 59.0. The molecule has 3 amide bonds. The van der Waals surface area contributed by atoms with Crippen LogP contribution in [0.1, 0.15) is 42.7 Å². The van der Waals surface area contributed by atoms with E-state index in [1.807, 2.05) is 0 Å². The minimum absolute atomic E-state index is 0.0270. The number of phenols is 2. The molecule has 2 aromatic rings. The zero-order valence-corrected chi connectivity index (χ0v) is 29.6. The Bertz CT molecular complexity index is 1840. The summed E-state index contributed by atoms with van der Waals surface area (Å²) < 4.78 is 0.293. The molecule has 3 aliphatic heterocycles. The van der Waals surface area contributed by atoms with Gasteiger partial charge < -0.3 is 45.6 Å². The van der Waals surface area contributed by atoms with Gasteiger partial charge in [-0.05, 0) is 26.0 Å². The van der Waals surface area contributed by atoms with Crippen molar-refractivity contribution >= 4 is 75.2 Å². The summed E-state index contributed by atoms with van der Waals surface area (Å²) in [5.41, 5.74) is 3.27. The first kappa shape index (κ1) is 37.6. The summed E-state index contributed by atoms with van der Waals surface area (Å²) in [5.74, 6) is -6.60. The maximum absolute atomic E-state index is 13.4. The van der Waals surface area contributed by atoms with Crippen molar-refractivity contribution in [1.29, 1.82) is 0 Å². The lowest BCUT2D eigenvalue weighted by molar-refractivity contribution is -0.912. The third-order valence-corrected chi connectivity index (χ3v) is 11.2. The van der Waals surface area contributed by atoms with Gasteiger partial charge in [-0.2, -0.15) is 0 Å². The predicted molar refractivity (Wildman–Crippen MR) is 179 cm³/mol. The number of likely N-dealkylation sites (tertiary alicyclic amines) is 1. The van der Waals surface area contributed by atoms with Crippen LogP contribution < -0.4 is 16.2 Å². The second-order valence-electron chi connectivity index (χ2n) is 12.6. The molecule has 0 radical (unpaired) electrons. The number of rotatable bonds is 13. The number of hydroxylamine groups is 2. The fourth-order valence-electron chi connectivity index (χ4n) is 5.94. The van der Waals surface area contributed by atoms with Crippen LogP contribution >= 0.6 is 34.7 Å². The van der Waals surface area contributed by atoms with Crippen LogP contribution in [0.5, 0.6) is 11.5 Å². The molecule has 0 saturated carbocycles. The number of benzene rings is 1. The topological polar surface area (TPSA) is 268 Å². The summed E-state index contributed by atoms with van der Waals surface area (Å²) in [4.78, 5) is 73.9. The first-order chi connectivity index (χ1) is 24.0. The van der Waals surface area contributed by atoms with E-state index in [1.54, 1.807) is 0 Å². The Labute approximate surface area is 303 Å².